The summed E-state index contributed by atoms with van der Waals surface area (Å²) in [5, 5.41) is 0.739. The van der Waals surface area contributed by atoms with Crippen LogP contribution in [-0.4, -0.2) is 24.5 Å². The largest absolute Gasteiger partial charge is 0.493 e. The summed E-state index contributed by atoms with van der Waals surface area (Å²) >= 11 is 11.9. The molecule has 0 heterocycles. The van der Waals surface area contributed by atoms with Crippen LogP contribution in [-0.2, 0) is 11.2 Å². The highest BCUT2D eigenvalue weighted by Gasteiger charge is 2.17. The van der Waals surface area contributed by atoms with Crippen molar-refractivity contribution in [3.8, 4) is 11.5 Å². The second-order valence-electron chi connectivity index (χ2n) is 6.89. The van der Waals surface area contributed by atoms with E-state index in [9.17, 15) is 9.59 Å². The van der Waals surface area contributed by atoms with Gasteiger partial charge in [-0.3, -0.25) is 20.4 Å². The molecule has 6 nitrogen and oxygen atoms in total. The Hall–Kier alpha value is -3.22. The highest BCUT2D eigenvalue weighted by Crippen LogP contribution is 2.28. The Morgan fingerprint density at radius 1 is 0.938 bits per heavy atom. The standard InChI is InChI=1S/C24H22Cl2N2O4/c1-16(32-22-11-10-19(25)15-21(22)26)23(29)27-28-24(30)18-8-5-9-20(14-18)31-13-12-17-6-3-2-4-7-17/h2-11,14-16H,12-13H2,1H3,(H,27,29)(H,28,30). The summed E-state index contributed by atoms with van der Waals surface area (Å²) in [5.74, 6) is -0.150. The zero-order valence-electron chi connectivity index (χ0n) is 17.3. The first-order valence-electron chi connectivity index (χ1n) is 9.91. The summed E-state index contributed by atoms with van der Waals surface area (Å²) in [6, 6.07) is 21.4. The molecule has 32 heavy (non-hydrogen) atoms. The van der Waals surface area contributed by atoms with Gasteiger partial charge in [-0.15, -0.1) is 0 Å². The summed E-state index contributed by atoms with van der Waals surface area (Å²) in [5.41, 5.74) is 6.22. The molecule has 0 saturated heterocycles. The molecule has 1 atom stereocenters. The van der Waals surface area contributed by atoms with E-state index in [-0.39, 0.29) is 5.02 Å². The number of nitrogens with one attached hydrogen (secondary N) is 2. The second kappa shape index (κ2) is 11.4. The number of hydrogen-bond acceptors (Lipinski definition) is 4. The van der Waals surface area contributed by atoms with Gasteiger partial charge < -0.3 is 9.47 Å². The van der Waals surface area contributed by atoms with Crippen LogP contribution in [0.3, 0.4) is 0 Å². The number of amides is 2. The first-order valence-corrected chi connectivity index (χ1v) is 10.7. The topological polar surface area (TPSA) is 76.7 Å². The lowest BCUT2D eigenvalue weighted by atomic mass is 10.2. The van der Waals surface area contributed by atoms with Gasteiger partial charge in [0, 0.05) is 17.0 Å². The molecular formula is C24H22Cl2N2O4. The normalized spacial score (nSPS) is 11.3. The third-order valence-corrected chi connectivity index (χ3v) is 5.00. The number of halogens is 2. The van der Waals surface area contributed by atoms with E-state index in [4.69, 9.17) is 32.7 Å². The van der Waals surface area contributed by atoms with E-state index in [1.165, 1.54) is 18.6 Å². The Morgan fingerprint density at radius 3 is 2.47 bits per heavy atom. The molecule has 2 amide bonds. The fourth-order valence-corrected chi connectivity index (χ4v) is 3.22. The van der Waals surface area contributed by atoms with Gasteiger partial charge in [-0.2, -0.15) is 0 Å². The molecule has 0 radical (unpaired) electrons. The van der Waals surface area contributed by atoms with Gasteiger partial charge in [-0.1, -0.05) is 59.6 Å². The minimum atomic E-state index is -0.901. The van der Waals surface area contributed by atoms with Gasteiger partial charge in [0.1, 0.15) is 11.5 Å². The van der Waals surface area contributed by atoms with E-state index in [1.807, 2.05) is 30.3 Å². The van der Waals surface area contributed by atoms with Crippen LogP contribution in [0.1, 0.15) is 22.8 Å². The maximum absolute atomic E-state index is 12.4. The van der Waals surface area contributed by atoms with Crippen LogP contribution in [0.2, 0.25) is 10.0 Å². The zero-order chi connectivity index (χ0) is 22.9. The van der Waals surface area contributed by atoms with Gasteiger partial charge in [0.2, 0.25) is 0 Å². The molecule has 3 aromatic carbocycles. The second-order valence-corrected chi connectivity index (χ2v) is 7.73. The molecule has 3 aromatic rings. The summed E-state index contributed by atoms with van der Waals surface area (Å²) in [6.45, 7) is 2.02. The van der Waals surface area contributed by atoms with Gasteiger partial charge in [0.05, 0.1) is 11.6 Å². The van der Waals surface area contributed by atoms with Gasteiger partial charge in [-0.05, 0) is 48.9 Å². The molecule has 0 saturated carbocycles. The average Bonchev–Trinajstić information content (AvgIpc) is 2.80. The summed E-state index contributed by atoms with van der Waals surface area (Å²) < 4.78 is 11.3. The lowest BCUT2D eigenvalue weighted by Crippen LogP contribution is -2.47. The van der Waals surface area contributed by atoms with E-state index in [2.05, 4.69) is 10.9 Å². The van der Waals surface area contributed by atoms with Crippen LogP contribution >= 0.6 is 23.2 Å². The first-order chi connectivity index (χ1) is 15.4. The van der Waals surface area contributed by atoms with Crippen LogP contribution in [0, 0.1) is 0 Å². The van der Waals surface area contributed by atoms with Crippen molar-refractivity contribution in [2.45, 2.75) is 19.4 Å². The number of benzene rings is 3. The van der Waals surface area contributed by atoms with Crippen molar-refractivity contribution >= 4 is 35.0 Å². The van der Waals surface area contributed by atoms with Crippen molar-refractivity contribution < 1.29 is 19.1 Å². The van der Waals surface area contributed by atoms with Gasteiger partial charge in [0.25, 0.3) is 11.8 Å². The van der Waals surface area contributed by atoms with Crippen molar-refractivity contribution in [2.75, 3.05) is 6.61 Å². The Labute approximate surface area is 196 Å². The third kappa shape index (κ3) is 6.90. The van der Waals surface area contributed by atoms with Gasteiger partial charge in [0.15, 0.2) is 6.10 Å². The Morgan fingerprint density at radius 2 is 1.72 bits per heavy atom. The van der Waals surface area contributed by atoms with Crippen LogP contribution in [0.25, 0.3) is 0 Å². The zero-order valence-corrected chi connectivity index (χ0v) is 18.8. The molecule has 0 fully saturated rings. The maximum atomic E-state index is 12.4. The van der Waals surface area contributed by atoms with Crippen molar-refractivity contribution in [1.82, 2.24) is 10.9 Å². The quantitative estimate of drug-likeness (QED) is 0.459. The molecule has 0 aliphatic rings. The summed E-state index contributed by atoms with van der Waals surface area (Å²) in [7, 11) is 0. The Bertz CT molecular complexity index is 1080. The molecule has 0 aromatic heterocycles. The Kier molecular flexibility index (Phi) is 8.36. The Balaban J connectivity index is 1.48. The van der Waals surface area contributed by atoms with Crippen LogP contribution < -0.4 is 20.3 Å². The number of hydrazine groups is 1. The van der Waals surface area contributed by atoms with Crippen LogP contribution in [0.15, 0.2) is 72.8 Å². The molecule has 1 unspecified atom stereocenters. The predicted octanol–water partition coefficient (Wildman–Crippen LogP) is 4.84. The SMILES string of the molecule is CC(Oc1ccc(Cl)cc1Cl)C(=O)NNC(=O)c1cccc(OCCc2ccccc2)c1. The fraction of sp³-hybridized carbons (Fsp3) is 0.167. The summed E-state index contributed by atoms with van der Waals surface area (Å²) in [6.07, 6.45) is -0.148. The maximum Gasteiger partial charge on any atom is 0.279 e. The minimum Gasteiger partial charge on any atom is -0.493 e. The van der Waals surface area contributed by atoms with Gasteiger partial charge in [-0.25, -0.2) is 0 Å². The van der Waals surface area contributed by atoms with E-state index >= 15 is 0 Å². The van der Waals surface area contributed by atoms with Crippen molar-refractivity contribution in [3.63, 3.8) is 0 Å². The molecule has 2 N–H and O–H groups in total. The molecule has 0 bridgehead atoms. The smallest absolute Gasteiger partial charge is 0.279 e. The number of ether oxygens (including phenoxy) is 2. The van der Waals surface area contributed by atoms with E-state index < -0.39 is 17.9 Å². The molecular weight excluding hydrogens is 451 g/mol. The van der Waals surface area contributed by atoms with Crippen LogP contribution in [0.4, 0.5) is 0 Å². The predicted molar refractivity (Wildman–Crippen MR) is 124 cm³/mol. The van der Waals surface area contributed by atoms with E-state index in [0.717, 1.165) is 6.42 Å². The summed E-state index contributed by atoms with van der Waals surface area (Å²) in [4.78, 5) is 24.7. The van der Waals surface area contributed by atoms with Crippen molar-refractivity contribution in [3.05, 3.63) is 94.0 Å². The van der Waals surface area contributed by atoms with Gasteiger partial charge >= 0.3 is 0 Å². The monoisotopic (exact) mass is 472 g/mol. The first kappa shape index (κ1) is 23.4. The lowest BCUT2D eigenvalue weighted by molar-refractivity contribution is -0.128. The molecule has 3 rings (SSSR count). The highest BCUT2D eigenvalue weighted by molar-refractivity contribution is 6.35. The molecule has 0 aliphatic heterocycles. The fourth-order valence-electron chi connectivity index (χ4n) is 2.77. The lowest BCUT2D eigenvalue weighted by Gasteiger charge is -2.16. The number of hydrogen-bond donors (Lipinski definition) is 2. The minimum absolute atomic E-state index is 0.283. The highest BCUT2D eigenvalue weighted by atomic mass is 35.5. The van der Waals surface area contributed by atoms with Crippen LogP contribution in [0.5, 0.6) is 11.5 Å². The van der Waals surface area contributed by atoms with E-state index in [1.54, 1.807) is 36.4 Å². The molecule has 166 valence electrons. The molecule has 8 heteroatoms. The van der Waals surface area contributed by atoms with Crippen molar-refractivity contribution in [1.29, 1.82) is 0 Å². The number of carbonyl (C=O) groups excluding carboxylic acids is 2. The van der Waals surface area contributed by atoms with E-state index in [0.29, 0.717) is 28.7 Å². The molecule has 0 spiro atoms. The number of rotatable bonds is 8. The molecule has 0 aliphatic carbocycles. The third-order valence-electron chi connectivity index (χ3n) is 4.46. The average molecular weight is 473 g/mol. The van der Waals surface area contributed by atoms with Crippen molar-refractivity contribution in [2.24, 2.45) is 0 Å². The number of carbonyl (C=O) groups is 2.